The highest BCUT2D eigenvalue weighted by Crippen LogP contribution is 2.33. The Morgan fingerprint density at radius 1 is 0.609 bits per heavy atom. The Bertz CT molecular complexity index is 2130. The van der Waals surface area contributed by atoms with E-state index in [1.807, 2.05) is 68.8 Å². The zero-order valence-corrected chi connectivity index (χ0v) is 43.9. The van der Waals surface area contributed by atoms with Crippen molar-refractivity contribution in [3.8, 4) is 0 Å². The number of thiazole rings is 3. The minimum atomic E-state index is -2.59. The number of nitrogens with one attached hydrogen (secondary N) is 3. The van der Waals surface area contributed by atoms with Gasteiger partial charge in [-0.2, -0.15) is 0 Å². The molecule has 3 amide bonds. The maximum absolute atomic E-state index is 13.4. The molecule has 0 saturated carbocycles. The molecule has 16 nitrogen and oxygen atoms in total. The fourth-order valence-electron chi connectivity index (χ4n) is 7.63. The third-order valence-electron chi connectivity index (χ3n) is 10.8. The van der Waals surface area contributed by atoms with E-state index in [0.29, 0.717) is 26.3 Å². The van der Waals surface area contributed by atoms with Gasteiger partial charge in [0.2, 0.25) is 0 Å². The van der Waals surface area contributed by atoms with Crippen LogP contribution in [-0.2, 0) is 31.9 Å². The molecule has 3 N–H and O–H groups in total. The lowest BCUT2D eigenvalue weighted by Crippen LogP contribution is -2.45. The molecule has 21 heteroatoms. The molecule has 0 bridgehead atoms. The Labute approximate surface area is 417 Å². The summed E-state index contributed by atoms with van der Waals surface area (Å²) in [6.45, 7) is 23.3. The van der Waals surface area contributed by atoms with E-state index in [1.54, 1.807) is 55.8 Å². The molecule has 7 rings (SSSR count). The first-order valence-corrected chi connectivity index (χ1v) is 26.0. The molecule has 6 heterocycles. The second-order valence-electron chi connectivity index (χ2n) is 19.8. The first kappa shape index (κ1) is 55.5. The quantitative estimate of drug-likeness (QED) is 0.115. The molecule has 0 radical (unpaired) electrons. The number of hydrogen-bond acceptors (Lipinski definition) is 16. The number of benzene rings is 1. The van der Waals surface area contributed by atoms with E-state index < -0.39 is 34.9 Å². The predicted octanol–water partition coefficient (Wildman–Crippen LogP) is 9.25. The van der Waals surface area contributed by atoms with Gasteiger partial charge in [0, 0.05) is 106 Å². The molecule has 3 aliphatic rings. The van der Waals surface area contributed by atoms with Crippen LogP contribution >= 0.6 is 34.0 Å². The summed E-state index contributed by atoms with van der Waals surface area (Å²) in [5.41, 5.74) is 1.21. The van der Waals surface area contributed by atoms with E-state index >= 15 is 0 Å². The number of ether oxygens (including phenoxy) is 4. The highest BCUT2D eigenvalue weighted by molar-refractivity contribution is 7.10. The predicted molar refractivity (Wildman–Crippen MR) is 266 cm³/mol. The summed E-state index contributed by atoms with van der Waals surface area (Å²) in [5, 5.41) is 17.1. The number of alkyl carbamates (subject to hydrolysis) is 3. The molecule has 0 aliphatic carbocycles. The molecule has 69 heavy (non-hydrogen) atoms. The van der Waals surface area contributed by atoms with E-state index in [2.05, 4.69) is 65.0 Å². The summed E-state index contributed by atoms with van der Waals surface area (Å²) in [5.74, 6) is -2.59. The van der Waals surface area contributed by atoms with Crippen molar-refractivity contribution in [2.75, 3.05) is 65.6 Å². The van der Waals surface area contributed by atoms with Crippen LogP contribution in [0.4, 0.5) is 23.2 Å². The van der Waals surface area contributed by atoms with Crippen LogP contribution in [0.15, 0.2) is 59.0 Å². The number of aromatic nitrogens is 3. The van der Waals surface area contributed by atoms with Gasteiger partial charge in [-0.1, -0.05) is 24.3 Å². The fourth-order valence-corrected chi connectivity index (χ4v) is 9.95. The smallest absolute Gasteiger partial charge is 0.407 e. The van der Waals surface area contributed by atoms with E-state index in [0.717, 1.165) is 47.6 Å². The summed E-state index contributed by atoms with van der Waals surface area (Å²) in [6.07, 6.45) is 4.69. The number of nitrogens with zero attached hydrogens (tertiary/aromatic N) is 6. The second-order valence-corrected chi connectivity index (χ2v) is 22.6. The van der Waals surface area contributed by atoms with Gasteiger partial charge in [0.25, 0.3) is 5.92 Å². The summed E-state index contributed by atoms with van der Waals surface area (Å²) in [7, 11) is 0. The van der Waals surface area contributed by atoms with Crippen molar-refractivity contribution < 1.29 is 42.1 Å². The van der Waals surface area contributed by atoms with Crippen LogP contribution in [-0.4, -0.2) is 136 Å². The first-order chi connectivity index (χ1) is 32.5. The number of carbonyl (C=O) groups excluding carboxylic acids is 3. The molecular formula is C48H71F2N9O7S3. The molecule has 1 aromatic carbocycles. The van der Waals surface area contributed by atoms with Gasteiger partial charge >= 0.3 is 18.3 Å². The number of alkyl halides is 2. The molecule has 0 spiro atoms. The van der Waals surface area contributed by atoms with Gasteiger partial charge in [0.15, 0.2) is 0 Å². The number of likely N-dealkylation sites (tertiary alicyclic amines) is 1. The van der Waals surface area contributed by atoms with Crippen molar-refractivity contribution in [3.05, 3.63) is 85.1 Å². The number of morpholine rings is 1. The normalized spacial score (nSPS) is 18.1. The highest BCUT2D eigenvalue weighted by atomic mass is 32.1. The Morgan fingerprint density at radius 3 is 1.36 bits per heavy atom. The third-order valence-corrected chi connectivity index (χ3v) is 13.4. The highest BCUT2D eigenvalue weighted by Gasteiger charge is 2.37. The molecule has 3 aromatic heterocycles. The minimum absolute atomic E-state index is 0.0564. The van der Waals surface area contributed by atoms with Crippen molar-refractivity contribution in [3.63, 3.8) is 0 Å². The maximum Gasteiger partial charge on any atom is 0.407 e. The molecule has 2 fully saturated rings. The summed E-state index contributed by atoms with van der Waals surface area (Å²) < 4.78 is 48.0. The van der Waals surface area contributed by atoms with E-state index in [-0.39, 0.29) is 56.7 Å². The van der Waals surface area contributed by atoms with Gasteiger partial charge in [-0.05, 0) is 79.9 Å². The lowest BCUT2D eigenvalue weighted by molar-refractivity contribution is -0.0634. The molecule has 2 saturated heterocycles. The molecule has 3 atom stereocenters. The molecule has 3 aliphatic heterocycles. The Kier molecular flexibility index (Phi) is 20.6. The van der Waals surface area contributed by atoms with Crippen LogP contribution < -0.4 is 16.0 Å². The van der Waals surface area contributed by atoms with Crippen molar-refractivity contribution in [2.45, 2.75) is 129 Å². The molecular weight excluding hydrogens is 949 g/mol. The zero-order valence-electron chi connectivity index (χ0n) is 41.4. The topological polar surface area (TPSA) is 173 Å². The Balaban J connectivity index is 0.000000194. The first-order valence-electron chi connectivity index (χ1n) is 23.4. The summed E-state index contributed by atoms with van der Waals surface area (Å²) in [6, 6.07) is 8.48. The van der Waals surface area contributed by atoms with Crippen molar-refractivity contribution in [1.29, 1.82) is 0 Å². The van der Waals surface area contributed by atoms with Gasteiger partial charge in [-0.3, -0.25) is 14.7 Å². The largest absolute Gasteiger partial charge is 0.444 e. The van der Waals surface area contributed by atoms with Crippen LogP contribution in [0.1, 0.15) is 119 Å². The Morgan fingerprint density at radius 2 is 0.986 bits per heavy atom. The van der Waals surface area contributed by atoms with E-state index in [1.165, 1.54) is 22.5 Å². The third kappa shape index (κ3) is 19.7. The average molecular weight is 1020 g/mol. The molecule has 3 unspecified atom stereocenters. The van der Waals surface area contributed by atoms with Crippen LogP contribution in [0, 0.1) is 0 Å². The van der Waals surface area contributed by atoms with Crippen LogP contribution in [0.3, 0.4) is 0 Å². The number of carbonyl (C=O) groups is 3. The lowest BCUT2D eigenvalue weighted by atomic mass is 9.98. The monoisotopic (exact) mass is 1020 g/mol. The van der Waals surface area contributed by atoms with Gasteiger partial charge in [0.05, 0.1) is 31.3 Å². The van der Waals surface area contributed by atoms with Gasteiger partial charge in [-0.15, -0.1) is 34.0 Å². The summed E-state index contributed by atoms with van der Waals surface area (Å²) in [4.78, 5) is 55.5. The van der Waals surface area contributed by atoms with Gasteiger partial charge in [0.1, 0.15) is 31.8 Å². The van der Waals surface area contributed by atoms with Gasteiger partial charge in [-0.25, -0.2) is 38.1 Å². The SMILES string of the molecule is CC(C)(C)OC(=O)NCC(c1nccs1)N1CCC(F)(F)CC1.CC(C)(C)OC(=O)NCC(c1nccs1)N1CCOCC1.CC(C)(C)OC(=O)NCC(c1nccs1)N1CCc2ccccc2C1. The van der Waals surface area contributed by atoms with Gasteiger partial charge < -0.3 is 34.9 Å². The summed E-state index contributed by atoms with van der Waals surface area (Å²) >= 11 is 4.69. The number of amides is 3. The number of rotatable bonds is 12. The number of fused-ring (bicyclic) bond motifs is 1. The molecule has 382 valence electrons. The van der Waals surface area contributed by atoms with E-state index in [9.17, 15) is 23.2 Å². The average Bonchev–Trinajstić information content (AvgIpc) is 4.10. The van der Waals surface area contributed by atoms with Crippen LogP contribution in [0.5, 0.6) is 0 Å². The number of halogens is 2. The van der Waals surface area contributed by atoms with Crippen LogP contribution in [0.2, 0.25) is 0 Å². The standard InChI is InChI=1S/C19H25N3O2S.C15H23F2N3O2S.C14H23N3O3S/c1-19(2,3)24-18(23)21-12-16(17-20-9-11-25-17)22-10-8-14-6-4-5-7-15(14)13-22;1-14(2,3)22-13(21)19-10-11(12-18-6-9-23-12)20-7-4-15(16,17)5-8-20;1-14(2,3)20-13(18)16-10-11(12-15-4-9-21-12)17-5-7-19-8-6-17/h4-7,9,11,16H,8,10,12-13H2,1-3H3,(H,21,23);6,9,11H,4-5,7-8,10H2,1-3H3,(H,19,21);4,9,11H,5-8,10H2,1-3H3,(H,16,18). The zero-order chi connectivity index (χ0) is 50.2. The molecule has 4 aromatic rings. The van der Waals surface area contributed by atoms with Crippen molar-refractivity contribution in [2.24, 2.45) is 0 Å². The number of piperidine rings is 1. The number of hydrogen-bond donors (Lipinski definition) is 3. The maximum atomic E-state index is 13.4. The second kappa shape index (κ2) is 25.7. The minimum Gasteiger partial charge on any atom is -0.444 e. The lowest BCUT2D eigenvalue weighted by Gasteiger charge is -2.36. The fraction of sp³-hybridized carbons (Fsp3) is 0.625. The van der Waals surface area contributed by atoms with Crippen LogP contribution in [0.25, 0.3) is 0 Å². The Hall–Kier alpha value is -4.38. The van der Waals surface area contributed by atoms with E-state index in [4.69, 9.17) is 18.9 Å². The van der Waals surface area contributed by atoms with Crippen molar-refractivity contribution in [1.82, 2.24) is 45.6 Å². The van der Waals surface area contributed by atoms with Crippen molar-refractivity contribution >= 4 is 52.3 Å².